The minimum absolute atomic E-state index is 0.0478. The van der Waals surface area contributed by atoms with Crippen molar-refractivity contribution in [3.8, 4) is 0 Å². The summed E-state index contributed by atoms with van der Waals surface area (Å²) >= 11 is 1.80. The number of aryl methyl sites for hydroxylation is 1. The zero-order chi connectivity index (χ0) is 13.3. The van der Waals surface area contributed by atoms with E-state index < -0.39 is 10.0 Å². The molecule has 1 saturated heterocycles. The van der Waals surface area contributed by atoms with E-state index in [1.54, 1.807) is 34.3 Å². The molecule has 0 spiro atoms. The van der Waals surface area contributed by atoms with Crippen LogP contribution in [0.2, 0.25) is 0 Å². The van der Waals surface area contributed by atoms with Gasteiger partial charge in [-0.1, -0.05) is 0 Å². The second kappa shape index (κ2) is 5.11. The zero-order valence-electron chi connectivity index (χ0n) is 10.6. The van der Waals surface area contributed by atoms with Crippen molar-refractivity contribution >= 4 is 27.5 Å². The molecular formula is C12H18N2O2S2. The van der Waals surface area contributed by atoms with Crippen molar-refractivity contribution in [3.63, 3.8) is 0 Å². The Morgan fingerprint density at radius 1 is 1.44 bits per heavy atom. The maximum atomic E-state index is 12.5. The van der Waals surface area contributed by atoms with E-state index in [0.29, 0.717) is 17.1 Å². The molecule has 6 heteroatoms. The summed E-state index contributed by atoms with van der Waals surface area (Å²) in [4.78, 5) is 0.341. The van der Waals surface area contributed by atoms with Crippen LogP contribution in [0.5, 0.6) is 0 Å². The quantitative estimate of drug-likeness (QED) is 0.841. The molecule has 1 unspecified atom stereocenters. The molecule has 1 aliphatic rings. The largest absolute Gasteiger partial charge is 0.399 e. The average molecular weight is 286 g/mol. The first-order valence-electron chi connectivity index (χ1n) is 5.88. The molecule has 1 heterocycles. The predicted octanol–water partition coefficient (Wildman–Crippen LogP) is 1.70. The summed E-state index contributed by atoms with van der Waals surface area (Å²) < 4.78 is 26.7. The van der Waals surface area contributed by atoms with E-state index in [1.165, 1.54) is 0 Å². The van der Waals surface area contributed by atoms with Crippen LogP contribution in [-0.4, -0.2) is 36.8 Å². The van der Waals surface area contributed by atoms with Gasteiger partial charge < -0.3 is 5.73 Å². The Hall–Kier alpha value is -0.720. The molecule has 2 N–H and O–H groups in total. The first-order chi connectivity index (χ1) is 8.43. The highest BCUT2D eigenvalue weighted by atomic mass is 32.2. The highest BCUT2D eigenvalue weighted by Gasteiger charge is 2.31. The molecule has 1 aromatic rings. The van der Waals surface area contributed by atoms with Gasteiger partial charge in [0.15, 0.2) is 0 Å². The Morgan fingerprint density at radius 3 is 2.78 bits per heavy atom. The van der Waals surface area contributed by atoms with Crippen LogP contribution in [0.3, 0.4) is 0 Å². The molecule has 0 aliphatic carbocycles. The summed E-state index contributed by atoms with van der Waals surface area (Å²) in [6.45, 7) is 4.36. The normalized spacial score (nSPS) is 22.0. The van der Waals surface area contributed by atoms with Gasteiger partial charge in [-0.3, -0.25) is 0 Å². The van der Waals surface area contributed by atoms with E-state index in [9.17, 15) is 8.42 Å². The summed E-state index contributed by atoms with van der Waals surface area (Å²) in [5, 5.41) is 0. The van der Waals surface area contributed by atoms with E-state index in [0.717, 1.165) is 17.1 Å². The highest BCUT2D eigenvalue weighted by molar-refractivity contribution is 7.99. The smallest absolute Gasteiger partial charge is 0.243 e. The molecule has 1 atom stereocenters. The summed E-state index contributed by atoms with van der Waals surface area (Å²) in [5.41, 5.74) is 7.15. The van der Waals surface area contributed by atoms with Crippen LogP contribution >= 0.6 is 11.8 Å². The molecule has 0 amide bonds. The monoisotopic (exact) mass is 286 g/mol. The van der Waals surface area contributed by atoms with E-state index in [-0.39, 0.29) is 6.04 Å². The summed E-state index contributed by atoms with van der Waals surface area (Å²) in [6.07, 6.45) is 0. The number of nitrogens with zero attached hydrogens (tertiary/aromatic N) is 1. The maximum Gasteiger partial charge on any atom is 0.243 e. The summed E-state index contributed by atoms with van der Waals surface area (Å²) in [6, 6.07) is 4.95. The molecule has 100 valence electrons. The Balaban J connectivity index is 2.37. The lowest BCUT2D eigenvalue weighted by atomic mass is 10.2. The standard InChI is InChI=1S/C12H18N2O2S2/c1-9-7-11(3-4-12(9)13)18(15,16)14-5-6-17-8-10(14)2/h3-4,7,10H,5-6,8,13H2,1-2H3. The molecule has 1 aliphatic heterocycles. The van der Waals surface area contributed by atoms with Gasteiger partial charge in [-0.05, 0) is 37.6 Å². The van der Waals surface area contributed by atoms with E-state index in [2.05, 4.69) is 0 Å². The number of hydrogen-bond donors (Lipinski definition) is 1. The zero-order valence-corrected chi connectivity index (χ0v) is 12.2. The first kappa shape index (κ1) is 13.7. The molecule has 18 heavy (non-hydrogen) atoms. The minimum Gasteiger partial charge on any atom is -0.399 e. The van der Waals surface area contributed by atoms with Crippen molar-refractivity contribution in [1.29, 1.82) is 0 Å². The topological polar surface area (TPSA) is 63.4 Å². The van der Waals surface area contributed by atoms with Gasteiger partial charge in [0.2, 0.25) is 10.0 Å². The molecule has 1 fully saturated rings. The fourth-order valence-corrected chi connectivity index (χ4v) is 4.95. The van der Waals surface area contributed by atoms with Crippen molar-refractivity contribution in [2.45, 2.75) is 24.8 Å². The van der Waals surface area contributed by atoms with Crippen LogP contribution < -0.4 is 5.73 Å². The van der Waals surface area contributed by atoms with Crippen molar-refractivity contribution in [3.05, 3.63) is 23.8 Å². The van der Waals surface area contributed by atoms with Gasteiger partial charge in [0.05, 0.1) is 4.90 Å². The first-order valence-corrected chi connectivity index (χ1v) is 8.48. The number of benzene rings is 1. The van der Waals surface area contributed by atoms with Crippen LogP contribution in [0.15, 0.2) is 23.1 Å². The second-order valence-electron chi connectivity index (χ2n) is 4.56. The number of thioether (sulfide) groups is 1. The SMILES string of the molecule is Cc1cc(S(=O)(=O)N2CCSCC2C)ccc1N. The number of rotatable bonds is 2. The van der Waals surface area contributed by atoms with Gasteiger partial charge in [0.25, 0.3) is 0 Å². The number of anilines is 1. The lowest BCUT2D eigenvalue weighted by Crippen LogP contribution is -2.44. The highest BCUT2D eigenvalue weighted by Crippen LogP contribution is 2.26. The van der Waals surface area contributed by atoms with Crippen LogP contribution in [-0.2, 0) is 10.0 Å². The average Bonchev–Trinajstić information content (AvgIpc) is 2.33. The third-order valence-corrected chi connectivity index (χ3v) is 6.35. The van der Waals surface area contributed by atoms with Gasteiger partial charge in [0, 0.05) is 29.8 Å². The van der Waals surface area contributed by atoms with Crippen LogP contribution in [0.1, 0.15) is 12.5 Å². The third kappa shape index (κ3) is 2.50. The Kier molecular flexibility index (Phi) is 3.89. The second-order valence-corrected chi connectivity index (χ2v) is 7.60. The van der Waals surface area contributed by atoms with Crippen molar-refractivity contribution < 1.29 is 8.42 Å². The van der Waals surface area contributed by atoms with Gasteiger partial charge in [-0.15, -0.1) is 0 Å². The van der Waals surface area contributed by atoms with Gasteiger partial charge in [-0.2, -0.15) is 16.1 Å². The molecule has 0 radical (unpaired) electrons. The number of sulfonamides is 1. The van der Waals surface area contributed by atoms with Crippen molar-refractivity contribution in [2.75, 3.05) is 23.8 Å². The lowest BCUT2D eigenvalue weighted by molar-refractivity contribution is 0.367. The van der Waals surface area contributed by atoms with Crippen LogP contribution in [0.4, 0.5) is 5.69 Å². The Bertz CT molecular complexity index is 543. The molecule has 1 aromatic carbocycles. The molecule has 0 bridgehead atoms. The Morgan fingerprint density at radius 2 is 2.17 bits per heavy atom. The molecule has 0 aromatic heterocycles. The fraction of sp³-hybridized carbons (Fsp3) is 0.500. The van der Waals surface area contributed by atoms with Gasteiger partial charge >= 0.3 is 0 Å². The minimum atomic E-state index is -3.39. The van der Waals surface area contributed by atoms with Gasteiger partial charge in [0.1, 0.15) is 0 Å². The summed E-state index contributed by atoms with van der Waals surface area (Å²) in [7, 11) is -3.39. The van der Waals surface area contributed by atoms with Crippen LogP contribution in [0.25, 0.3) is 0 Å². The number of nitrogen functional groups attached to an aromatic ring is 1. The fourth-order valence-electron chi connectivity index (χ4n) is 2.01. The molecular weight excluding hydrogens is 268 g/mol. The number of nitrogens with two attached hydrogens (primary N) is 1. The molecule has 4 nitrogen and oxygen atoms in total. The molecule has 2 rings (SSSR count). The van der Waals surface area contributed by atoms with Crippen molar-refractivity contribution in [2.24, 2.45) is 0 Å². The van der Waals surface area contributed by atoms with E-state index in [1.807, 2.05) is 13.8 Å². The number of hydrogen-bond acceptors (Lipinski definition) is 4. The maximum absolute atomic E-state index is 12.5. The van der Waals surface area contributed by atoms with Gasteiger partial charge in [-0.25, -0.2) is 8.42 Å². The third-order valence-electron chi connectivity index (χ3n) is 3.15. The predicted molar refractivity (Wildman–Crippen MR) is 76.3 cm³/mol. The van der Waals surface area contributed by atoms with E-state index in [4.69, 9.17) is 5.73 Å². The Labute approximate surface area is 113 Å². The summed E-state index contributed by atoms with van der Waals surface area (Å²) in [5.74, 6) is 1.71. The molecule has 0 saturated carbocycles. The van der Waals surface area contributed by atoms with E-state index >= 15 is 0 Å². The van der Waals surface area contributed by atoms with Crippen molar-refractivity contribution in [1.82, 2.24) is 4.31 Å². The lowest BCUT2D eigenvalue weighted by Gasteiger charge is -2.32. The van der Waals surface area contributed by atoms with Crippen LogP contribution in [0, 0.1) is 6.92 Å².